The molecule has 2 saturated heterocycles. The van der Waals surface area contributed by atoms with Gasteiger partial charge < -0.3 is 20.4 Å². The summed E-state index contributed by atoms with van der Waals surface area (Å²) in [5, 5.41) is 5.79. The molecule has 0 saturated carbocycles. The fourth-order valence-corrected chi connectivity index (χ4v) is 2.46. The smallest absolute Gasteiger partial charge is 0.314 e. The van der Waals surface area contributed by atoms with Gasteiger partial charge in [0.25, 0.3) is 0 Å². The third-order valence-corrected chi connectivity index (χ3v) is 3.54. The molecule has 6 nitrogen and oxygen atoms in total. The van der Waals surface area contributed by atoms with Crippen LogP contribution < -0.4 is 10.6 Å². The second kappa shape index (κ2) is 5.46. The highest BCUT2D eigenvalue weighted by Gasteiger charge is 2.49. The molecule has 6 heteroatoms. The number of carbonyl (C=O) groups excluding carboxylic acids is 2. The van der Waals surface area contributed by atoms with E-state index < -0.39 is 0 Å². The van der Waals surface area contributed by atoms with Gasteiger partial charge in [-0.2, -0.15) is 0 Å². The van der Waals surface area contributed by atoms with Crippen LogP contribution in [0.25, 0.3) is 0 Å². The quantitative estimate of drug-likeness (QED) is 0.750. The van der Waals surface area contributed by atoms with E-state index in [1.54, 1.807) is 9.80 Å². The third-order valence-electron chi connectivity index (χ3n) is 3.54. The number of amides is 4. The molecule has 2 fully saturated rings. The van der Waals surface area contributed by atoms with E-state index in [-0.39, 0.29) is 24.4 Å². The Kier molecular flexibility index (Phi) is 3.93. The lowest BCUT2D eigenvalue weighted by Crippen LogP contribution is -2.43. The monoisotopic (exact) mass is 254 g/mol. The summed E-state index contributed by atoms with van der Waals surface area (Å²) in [6, 6.07) is -0.139. The lowest BCUT2D eigenvalue weighted by molar-refractivity contribution is 0.195. The Balaban J connectivity index is 2.01. The van der Waals surface area contributed by atoms with Crippen molar-refractivity contribution >= 4 is 12.1 Å². The predicted molar refractivity (Wildman–Crippen MR) is 67.9 cm³/mol. The number of rotatable bonds is 6. The highest BCUT2D eigenvalue weighted by molar-refractivity contribution is 5.84. The number of fused-ring (bicyclic) bond motifs is 1. The van der Waals surface area contributed by atoms with Gasteiger partial charge in [0.05, 0.1) is 0 Å². The van der Waals surface area contributed by atoms with Crippen molar-refractivity contribution < 1.29 is 9.59 Å². The number of hydrogen-bond acceptors (Lipinski definition) is 2. The number of nitrogens with one attached hydrogen (secondary N) is 2. The van der Waals surface area contributed by atoms with Crippen LogP contribution in [0.5, 0.6) is 0 Å². The SMILES string of the molecule is CCCCN1C(=O)NC2C1NC(=O)N2CCCC. The molecule has 18 heavy (non-hydrogen) atoms. The molecule has 0 radical (unpaired) electrons. The van der Waals surface area contributed by atoms with Gasteiger partial charge in [-0.05, 0) is 12.8 Å². The Morgan fingerprint density at radius 1 is 0.889 bits per heavy atom. The van der Waals surface area contributed by atoms with Crippen LogP contribution >= 0.6 is 0 Å². The number of carbonyl (C=O) groups is 2. The van der Waals surface area contributed by atoms with E-state index in [4.69, 9.17) is 0 Å². The van der Waals surface area contributed by atoms with Crippen molar-refractivity contribution in [1.82, 2.24) is 20.4 Å². The van der Waals surface area contributed by atoms with Crippen molar-refractivity contribution in [2.24, 2.45) is 0 Å². The standard InChI is InChI=1S/C12H22N4O2/c1-3-5-7-15-9-10(14-11(15)17)16(8-6-4-2)12(18)13-9/h9-10H,3-8H2,1-2H3,(H,13,18)(H,14,17). The molecule has 2 aliphatic heterocycles. The molecule has 2 unspecified atom stereocenters. The normalized spacial score (nSPS) is 26.3. The molecule has 0 spiro atoms. The van der Waals surface area contributed by atoms with Gasteiger partial charge >= 0.3 is 12.1 Å². The largest absolute Gasteiger partial charge is 0.320 e. The zero-order chi connectivity index (χ0) is 13.1. The van der Waals surface area contributed by atoms with Gasteiger partial charge in [0.2, 0.25) is 0 Å². The van der Waals surface area contributed by atoms with Crippen LogP contribution in [0.2, 0.25) is 0 Å². The fourth-order valence-electron chi connectivity index (χ4n) is 2.46. The summed E-state index contributed by atoms with van der Waals surface area (Å²) in [7, 11) is 0. The first-order valence-corrected chi connectivity index (χ1v) is 6.83. The molecule has 0 bridgehead atoms. The van der Waals surface area contributed by atoms with Crippen LogP contribution in [0.15, 0.2) is 0 Å². The third kappa shape index (κ3) is 2.23. The Labute approximate surface area is 108 Å². The first kappa shape index (κ1) is 13.0. The van der Waals surface area contributed by atoms with Crippen molar-refractivity contribution in [2.45, 2.75) is 51.9 Å². The van der Waals surface area contributed by atoms with Crippen molar-refractivity contribution in [2.75, 3.05) is 13.1 Å². The zero-order valence-corrected chi connectivity index (χ0v) is 11.1. The Morgan fingerprint density at radius 3 is 1.61 bits per heavy atom. The second-order valence-electron chi connectivity index (χ2n) is 4.88. The first-order valence-electron chi connectivity index (χ1n) is 6.83. The molecular weight excluding hydrogens is 232 g/mol. The zero-order valence-electron chi connectivity index (χ0n) is 11.1. The van der Waals surface area contributed by atoms with Crippen LogP contribution in [0.3, 0.4) is 0 Å². The number of hydrogen-bond donors (Lipinski definition) is 2. The van der Waals surface area contributed by atoms with Crippen LogP contribution in [0.1, 0.15) is 39.5 Å². The summed E-state index contributed by atoms with van der Waals surface area (Å²) in [5.41, 5.74) is 0. The molecule has 2 rings (SSSR count). The Morgan fingerprint density at radius 2 is 1.28 bits per heavy atom. The molecule has 2 heterocycles. The van der Waals surface area contributed by atoms with Gasteiger partial charge in [-0.1, -0.05) is 26.7 Å². The van der Waals surface area contributed by atoms with E-state index in [1.807, 2.05) is 0 Å². The minimum Gasteiger partial charge on any atom is -0.314 e. The van der Waals surface area contributed by atoms with Crippen molar-refractivity contribution in [1.29, 1.82) is 0 Å². The number of unbranched alkanes of at least 4 members (excludes halogenated alkanes) is 2. The second-order valence-corrected chi connectivity index (χ2v) is 4.88. The van der Waals surface area contributed by atoms with Gasteiger partial charge in [-0.25, -0.2) is 9.59 Å². The van der Waals surface area contributed by atoms with Gasteiger partial charge in [0.15, 0.2) is 0 Å². The number of nitrogens with zero attached hydrogens (tertiary/aromatic N) is 2. The molecular formula is C12H22N4O2. The van der Waals surface area contributed by atoms with E-state index in [2.05, 4.69) is 24.5 Å². The molecule has 102 valence electrons. The molecule has 2 atom stereocenters. The maximum atomic E-state index is 11.9. The van der Waals surface area contributed by atoms with Crippen LogP contribution in [-0.2, 0) is 0 Å². The lowest BCUT2D eigenvalue weighted by atomic mass is 10.3. The topological polar surface area (TPSA) is 64.7 Å². The first-order chi connectivity index (χ1) is 8.69. The molecule has 2 N–H and O–H groups in total. The molecule has 2 aliphatic rings. The summed E-state index contributed by atoms with van der Waals surface area (Å²) < 4.78 is 0. The van der Waals surface area contributed by atoms with E-state index in [9.17, 15) is 9.59 Å². The highest BCUT2D eigenvalue weighted by Crippen LogP contribution is 2.22. The van der Waals surface area contributed by atoms with E-state index in [1.165, 1.54) is 0 Å². The van der Waals surface area contributed by atoms with E-state index >= 15 is 0 Å². The maximum absolute atomic E-state index is 11.9. The predicted octanol–water partition coefficient (Wildman–Crippen LogP) is 1.29. The molecule has 0 aromatic rings. The average Bonchev–Trinajstić information content (AvgIpc) is 2.79. The average molecular weight is 254 g/mol. The van der Waals surface area contributed by atoms with Crippen molar-refractivity contribution in [3.63, 3.8) is 0 Å². The van der Waals surface area contributed by atoms with Crippen LogP contribution in [0, 0.1) is 0 Å². The molecule has 0 aromatic carbocycles. The summed E-state index contributed by atoms with van der Waals surface area (Å²) >= 11 is 0. The van der Waals surface area contributed by atoms with Gasteiger partial charge in [0.1, 0.15) is 12.3 Å². The maximum Gasteiger partial charge on any atom is 0.320 e. The van der Waals surface area contributed by atoms with E-state index in [0.29, 0.717) is 13.1 Å². The summed E-state index contributed by atoms with van der Waals surface area (Å²) in [6.45, 7) is 5.58. The number of urea groups is 2. The minimum absolute atomic E-state index is 0.0695. The summed E-state index contributed by atoms with van der Waals surface area (Å²) in [4.78, 5) is 27.2. The van der Waals surface area contributed by atoms with Gasteiger partial charge in [-0.15, -0.1) is 0 Å². The lowest BCUT2D eigenvalue weighted by Gasteiger charge is -2.21. The fraction of sp³-hybridized carbons (Fsp3) is 0.833. The van der Waals surface area contributed by atoms with Gasteiger partial charge in [0, 0.05) is 13.1 Å². The van der Waals surface area contributed by atoms with E-state index in [0.717, 1.165) is 25.7 Å². The van der Waals surface area contributed by atoms with Crippen LogP contribution in [-0.4, -0.2) is 47.3 Å². The molecule has 0 aliphatic carbocycles. The summed E-state index contributed by atoms with van der Waals surface area (Å²) in [6.07, 6.45) is 3.59. The van der Waals surface area contributed by atoms with Crippen molar-refractivity contribution in [3.05, 3.63) is 0 Å². The molecule has 0 aromatic heterocycles. The Bertz CT molecular complexity index is 302. The highest BCUT2D eigenvalue weighted by atomic mass is 16.2. The van der Waals surface area contributed by atoms with Crippen LogP contribution in [0.4, 0.5) is 9.59 Å². The molecule has 4 amide bonds. The van der Waals surface area contributed by atoms with Crippen molar-refractivity contribution in [3.8, 4) is 0 Å². The Hall–Kier alpha value is -1.46. The summed E-state index contributed by atoms with van der Waals surface area (Å²) in [5.74, 6) is 0. The minimum atomic E-state index is -0.201. The van der Waals surface area contributed by atoms with Gasteiger partial charge in [-0.3, -0.25) is 0 Å².